The van der Waals surface area contributed by atoms with Gasteiger partial charge in [0.05, 0.1) is 23.0 Å². The first-order valence-corrected chi connectivity index (χ1v) is 10.3. The van der Waals surface area contributed by atoms with Crippen molar-refractivity contribution in [3.63, 3.8) is 0 Å². The van der Waals surface area contributed by atoms with Crippen LogP contribution in [0.4, 0.5) is 5.82 Å². The molecular weight excluding hydrogens is 430 g/mol. The fraction of sp³-hybridized carbons (Fsp3) is 0.182. The summed E-state index contributed by atoms with van der Waals surface area (Å²) in [6.45, 7) is 0.841. The SMILES string of the molecule is O=C(Nc1ccnn1CC1CC1)c1cc(-c2ccncc2)nc2ccc(Br)cc12. The van der Waals surface area contributed by atoms with Crippen molar-refractivity contribution < 1.29 is 4.79 Å². The number of fused-ring (bicyclic) bond motifs is 1. The number of carbonyl (C=O) groups is 1. The Balaban J connectivity index is 1.56. The molecule has 3 heterocycles. The average Bonchev–Trinajstić information content (AvgIpc) is 3.46. The van der Waals surface area contributed by atoms with E-state index in [-0.39, 0.29) is 5.91 Å². The normalized spacial score (nSPS) is 13.6. The molecule has 0 atom stereocenters. The number of nitrogens with zero attached hydrogens (tertiary/aromatic N) is 4. The molecule has 4 aromatic rings. The Morgan fingerprint density at radius 2 is 1.93 bits per heavy atom. The van der Waals surface area contributed by atoms with Gasteiger partial charge in [-0.1, -0.05) is 15.9 Å². The predicted molar refractivity (Wildman–Crippen MR) is 116 cm³/mol. The van der Waals surface area contributed by atoms with E-state index in [4.69, 9.17) is 4.98 Å². The van der Waals surface area contributed by atoms with Crippen molar-refractivity contribution in [2.24, 2.45) is 5.92 Å². The van der Waals surface area contributed by atoms with Crippen LogP contribution in [-0.2, 0) is 6.54 Å². The first-order chi connectivity index (χ1) is 14.2. The van der Waals surface area contributed by atoms with Crippen molar-refractivity contribution in [1.82, 2.24) is 19.7 Å². The van der Waals surface area contributed by atoms with Crippen LogP contribution < -0.4 is 5.32 Å². The maximum Gasteiger partial charge on any atom is 0.257 e. The molecular formula is C22H18BrN5O. The summed E-state index contributed by atoms with van der Waals surface area (Å²) in [6.07, 6.45) is 7.62. The molecule has 1 N–H and O–H groups in total. The summed E-state index contributed by atoms with van der Waals surface area (Å²) < 4.78 is 2.77. The Bertz CT molecular complexity index is 1200. The summed E-state index contributed by atoms with van der Waals surface area (Å²) in [5, 5.41) is 8.19. The molecule has 0 saturated heterocycles. The molecule has 3 aromatic heterocycles. The largest absolute Gasteiger partial charge is 0.307 e. The third kappa shape index (κ3) is 3.78. The molecule has 0 unspecified atom stereocenters. The quantitative estimate of drug-likeness (QED) is 0.471. The molecule has 1 amide bonds. The fourth-order valence-electron chi connectivity index (χ4n) is 3.37. The van der Waals surface area contributed by atoms with E-state index in [9.17, 15) is 4.79 Å². The van der Waals surface area contributed by atoms with E-state index in [1.54, 1.807) is 18.6 Å². The van der Waals surface area contributed by atoms with E-state index >= 15 is 0 Å². The molecule has 144 valence electrons. The van der Waals surface area contributed by atoms with Gasteiger partial charge >= 0.3 is 0 Å². The number of rotatable bonds is 5. The first kappa shape index (κ1) is 18.0. The van der Waals surface area contributed by atoms with Crippen molar-refractivity contribution in [2.45, 2.75) is 19.4 Å². The number of pyridine rings is 2. The minimum absolute atomic E-state index is 0.177. The van der Waals surface area contributed by atoms with Gasteiger partial charge in [-0.15, -0.1) is 0 Å². The maximum absolute atomic E-state index is 13.3. The second kappa shape index (κ2) is 7.40. The van der Waals surface area contributed by atoms with Gasteiger partial charge in [0, 0.05) is 40.4 Å². The Morgan fingerprint density at radius 3 is 2.72 bits per heavy atom. The van der Waals surface area contributed by atoms with Crippen LogP contribution in [0.3, 0.4) is 0 Å². The highest BCUT2D eigenvalue weighted by Gasteiger charge is 2.23. The van der Waals surface area contributed by atoms with E-state index in [2.05, 4.69) is 31.3 Å². The number of hydrogen-bond donors (Lipinski definition) is 1. The van der Waals surface area contributed by atoms with Crippen molar-refractivity contribution in [3.8, 4) is 11.3 Å². The highest BCUT2D eigenvalue weighted by atomic mass is 79.9. The summed E-state index contributed by atoms with van der Waals surface area (Å²) in [7, 11) is 0. The number of anilines is 1. The second-order valence-corrected chi connectivity index (χ2v) is 8.16. The standard InChI is InChI=1S/C22H18BrN5O/c23-16-3-4-19-17(11-16)18(12-20(26-19)15-5-8-24-9-6-15)22(29)27-21-7-10-25-28(21)13-14-1-2-14/h3-12,14H,1-2,13H2,(H,27,29). The minimum Gasteiger partial charge on any atom is -0.307 e. The lowest BCUT2D eigenvalue weighted by molar-refractivity contribution is 0.102. The predicted octanol–water partition coefficient (Wildman–Crippen LogP) is 4.92. The number of carbonyl (C=O) groups excluding carboxylic acids is 1. The van der Waals surface area contributed by atoms with Gasteiger partial charge in [0.15, 0.2) is 0 Å². The van der Waals surface area contributed by atoms with Gasteiger partial charge in [0.25, 0.3) is 5.91 Å². The molecule has 5 rings (SSSR count). The molecule has 1 aliphatic rings. The molecule has 1 aromatic carbocycles. The lowest BCUT2D eigenvalue weighted by atomic mass is 10.0. The van der Waals surface area contributed by atoms with Gasteiger partial charge in [-0.2, -0.15) is 5.10 Å². The minimum atomic E-state index is -0.177. The van der Waals surface area contributed by atoms with Gasteiger partial charge in [0.2, 0.25) is 0 Å². The molecule has 0 spiro atoms. The lowest BCUT2D eigenvalue weighted by Gasteiger charge is -2.12. The third-order valence-electron chi connectivity index (χ3n) is 5.08. The topological polar surface area (TPSA) is 72.7 Å². The van der Waals surface area contributed by atoms with Crippen molar-refractivity contribution >= 4 is 38.6 Å². The molecule has 0 aliphatic heterocycles. The summed E-state index contributed by atoms with van der Waals surface area (Å²) in [5.74, 6) is 1.21. The first-order valence-electron chi connectivity index (χ1n) is 9.51. The van der Waals surface area contributed by atoms with Crippen LogP contribution in [0, 0.1) is 5.92 Å². The van der Waals surface area contributed by atoms with Crippen LogP contribution in [0.5, 0.6) is 0 Å². The lowest BCUT2D eigenvalue weighted by Crippen LogP contribution is -2.17. The molecule has 1 saturated carbocycles. The van der Waals surface area contributed by atoms with Gasteiger partial charge in [0.1, 0.15) is 5.82 Å². The summed E-state index contributed by atoms with van der Waals surface area (Å²) >= 11 is 3.50. The zero-order chi connectivity index (χ0) is 19.8. The summed E-state index contributed by atoms with van der Waals surface area (Å²) in [4.78, 5) is 22.1. The van der Waals surface area contributed by atoms with Crippen LogP contribution in [0.1, 0.15) is 23.2 Å². The average molecular weight is 448 g/mol. The molecule has 29 heavy (non-hydrogen) atoms. The maximum atomic E-state index is 13.3. The number of amides is 1. The van der Waals surface area contributed by atoms with Crippen LogP contribution in [0.15, 0.2) is 65.5 Å². The van der Waals surface area contributed by atoms with E-state index in [1.807, 2.05) is 47.1 Å². The monoisotopic (exact) mass is 447 g/mol. The van der Waals surface area contributed by atoms with Crippen LogP contribution in [0.25, 0.3) is 22.2 Å². The highest BCUT2D eigenvalue weighted by molar-refractivity contribution is 9.10. The smallest absolute Gasteiger partial charge is 0.257 e. The van der Waals surface area contributed by atoms with Gasteiger partial charge < -0.3 is 5.32 Å². The van der Waals surface area contributed by atoms with Crippen LogP contribution in [-0.4, -0.2) is 25.7 Å². The number of benzene rings is 1. The molecule has 1 aliphatic carbocycles. The van der Waals surface area contributed by atoms with Gasteiger partial charge in [-0.25, -0.2) is 9.67 Å². The Morgan fingerprint density at radius 1 is 1.10 bits per heavy atom. The number of aromatic nitrogens is 4. The van der Waals surface area contributed by atoms with Gasteiger partial charge in [-0.05, 0) is 55.2 Å². The Hall–Kier alpha value is -3.06. The molecule has 0 radical (unpaired) electrons. The molecule has 0 bridgehead atoms. The number of nitrogens with one attached hydrogen (secondary N) is 1. The summed E-state index contributed by atoms with van der Waals surface area (Å²) in [6, 6.07) is 13.2. The zero-order valence-corrected chi connectivity index (χ0v) is 17.1. The van der Waals surface area contributed by atoms with Crippen LogP contribution in [0.2, 0.25) is 0 Å². The number of halogens is 1. The Kier molecular flexibility index (Phi) is 4.60. The van der Waals surface area contributed by atoms with Crippen LogP contribution >= 0.6 is 15.9 Å². The molecule has 1 fully saturated rings. The Labute approximate surface area is 176 Å². The third-order valence-corrected chi connectivity index (χ3v) is 5.57. The van der Waals surface area contributed by atoms with E-state index in [0.717, 1.165) is 33.2 Å². The van der Waals surface area contributed by atoms with Crippen molar-refractivity contribution in [3.05, 3.63) is 71.1 Å². The second-order valence-electron chi connectivity index (χ2n) is 7.25. The van der Waals surface area contributed by atoms with E-state index in [1.165, 1.54) is 12.8 Å². The van der Waals surface area contributed by atoms with Gasteiger partial charge in [-0.3, -0.25) is 9.78 Å². The molecule has 6 nitrogen and oxygen atoms in total. The van der Waals surface area contributed by atoms with Crippen molar-refractivity contribution in [1.29, 1.82) is 0 Å². The van der Waals surface area contributed by atoms with E-state index < -0.39 is 0 Å². The summed E-state index contributed by atoms with van der Waals surface area (Å²) in [5.41, 5.74) is 2.98. The fourth-order valence-corrected chi connectivity index (χ4v) is 3.73. The number of hydrogen-bond acceptors (Lipinski definition) is 4. The van der Waals surface area contributed by atoms with E-state index in [0.29, 0.717) is 17.3 Å². The zero-order valence-electron chi connectivity index (χ0n) is 15.5. The highest BCUT2D eigenvalue weighted by Crippen LogP contribution is 2.32. The molecule has 7 heteroatoms. The van der Waals surface area contributed by atoms with Crippen molar-refractivity contribution in [2.75, 3.05) is 5.32 Å².